The van der Waals surface area contributed by atoms with Crippen LogP contribution < -0.4 is 10.5 Å². The Labute approximate surface area is 103 Å². The van der Waals surface area contributed by atoms with Gasteiger partial charge in [0.05, 0.1) is 12.2 Å². The molecule has 0 radical (unpaired) electrons. The lowest BCUT2D eigenvalue weighted by atomic mass is 10.1. The Bertz CT molecular complexity index is 358. The van der Waals surface area contributed by atoms with Gasteiger partial charge in [-0.2, -0.15) is 13.2 Å². The first-order chi connectivity index (χ1) is 7.45. The summed E-state index contributed by atoms with van der Waals surface area (Å²) in [6.45, 7) is 0.503. The molecule has 0 aliphatic heterocycles. The molecule has 0 unspecified atom stereocenters. The molecule has 1 aromatic carbocycles. The van der Waals surface area contributed by atoms with Crippen molar-refractivity contribution in [1.82, 2.24) is 0 Å². The van der Waals surface area contributed by atoms with Crippen LogP contribution in [0.3, 0.4) is 0 Å². The SMILES string of the molecule is COCCOc1ccc(N)c(C(F)(F)F)c1.Cl. The minimum Gasteiger partial charge on any atom is -0.491 e. The molecule has 2 N–H and O–H groups in total. The largest absolute Gasteiger partial charge is 0.491 e. The molecule has 7 heteroatoms. The van der Waals surface area contributed by atoms with Crippen LogP contribution in [0.2, 0.25) is 0 Å². The van der Waals surface area contributed by atoms with Gasteiger partial charge in [0, 0.05) is 12.8 Å². The normalized spacial score (nSPS) is 10.8. The molecule has 0 aromatic heterocycles. The molecule has 0 aliphatic carbocycles. The molecule has 98 valence electrons. The van der Waals surface area contributed by atoms with E-state index < -0.39 is 11.7 Å². The first-order valence-corrected chi connectivity index (χ1v) is 4.53. The van der Waals surface area contributed by atoms with Crippen LogP contribution in [-0.4, -0.2) is 20.3 Å². The number of nitrogen functional groups attached to an aromatic ring is 1. The van der Waals surface area contributed by atoms with Crippen LogP contribution in [0.1, 0.15) is 5.56 Å². The molecule has 0 fully saturated rings. The highest BCUT2D eigenvalue weighted by Crippen LogP contribution is 2.35. The third kappa shape index (κ3) is 4.70. The fraction of sp³-hybridized carbons (Fsp3) is 0.400. The first-order valence-electron chi connectivity index (χ1n) is 4.53. The second-order valence-corrected chi connectivity index (χ2v) is 3.09. The molecule has 17 heavy (non-hydrogen) atoms. The van der Waals surface area contributed by atoms with E-state index in [2.05, 4.69) is 0 Å². The fourth-order valence-corrected chi connectivity index (χ4v) is 1.11. The highest BCUT2D eigenvalue weighted by atomic mass is 35.5. The van der Waals surface area contributed by atoms with Gasteiger partial charge in [-0.05, 0) is 18.2 Å². The van der Waals surface area contributed by atoms with E-state index in [0.29, 0.717) is 6.61 Å². The molecule has 0 amide bonds. The van der Waals surface area contributed by atoms with Crippen LogP contribution in [0.25, 0.3) is 0 Å². The van der Waals surface area contributed by atoms with Gasteiger partial charge in [0.1, 0.15) is 12.4 Å². The number of rotatable bonds is 4. The number of benzene rings is 1. The van der Waals surface area contributed by atoms with Gasteiger partial charge in [-0.15, -0.1) is 12.4 Å². The number of alkyl halides is 3. The molecular weight excluding hydrogens is 259 g/mol. The summed E-state index contributed by atoms with van der Waals surface area (Å²) < 4.78 is 47.1. The van der Waals surface area contributed by atoms with Crippen LogP contribution in [0, 0.1) is 0 Å². The predicted molar refractivity (Wildman–Crippen MR) is 60.5 cm³/mol. The molecule has 0 spiro atoms. The summed E-state index contributed by atoms with van der Waals surface area (Å²) in [5, 5.41) is 0. The van der Waals surface area contributed by atoms with Gasteiger partial charge in [-0.25, -0.2) is 0 Å². The monoisotopic (exact) mass is 271 g/mol. The predicted octanol–water partition coefficient (Wildman–Crippen LogP) is 2.73. The van der Waals surface area contributed by atoms with E-state index in [9.17, 15) is 13.2 Å². The van der Waals surface area contributed by atoms with E-state index in [-0.39, 0.29) is 30.5 Å². The highest BCUT2D eigenvalue weighted by molar-refractivity contribution is 5.85. The van der Waals surface area contributed by atoms with Crippen molar-refractivity contribution >= 4 is 18.1 Å². The molecule has 0 aliphatic rings. The Hall–Kier alpha value is -1.14. The van der Waals surface area contributed by atoms with Gasteiger partial charge in [0.25, 0.3) is 0 Å². The first kappa shape index (κ1) is 15.9. The molecular formula is C10H13ClF3NO2. The topological polar surface area (TPSA) is 44.5 Å². The van der Waals surface area contributed by atoms with Crippen LogP contribution in [0.5, 0.6) is 5.75 Å². The minimum atomic E-state index is -4.47. The molecule has 0 saturated heterocycles. The van der Waals surface area contributed by atoms with Crippen molar-refractivity contribution in [2.24, 2.45) is 0 Å². The summed E-state index contributed by atoms with van der Waals surface area (Å²) >= 11 is 0. The van der Waals surface area contributed by atoms with E-state index in [1.54, 1.807) is 0 Å². The van der Waals surface area contributed by atoms with E-state index in [1.165, 1.54) is 19.2 Å². The number of hydrogen-bond acceptors (Lipinski definition) is 3. The average molecular weight is 272 g/mol. The number of ether oxygens (including phenoxy) is 2. The lowest BCUT2D eigenvalue weighted by Gasteiger charge is -2.12. The van der Waals surface area contributed by atoms with Gasteiger partial charge in [-0.1, -0.05) is 0 Å². The quantitative estimate of drug-likeness (QED) is 0.676. The molecule has 1 rings (SSSR count). The summed E-state index contributed by atoms with van der Waals surface area (Å²) in [7, 11) is 1.48. The smallest absolute Gasteiger partial charge is 0.418 e. The lowest BCUT2D eigenvalue weighted by Crippen LogP contribution is -2.10. The Morgan fingerprint density at radius 3 is 2.41 bits per heavy atom. The average Bonchev–Trinajstić information content (AvgIpc) is 2.19. The minimum absolute atomic E-state index is 0. The number of nitrogens with two attached hydrogens (primary N) is 1. The Kier molecular flexibility index (Phi) is 6.12. The zero-order chi connectivity index (χ0) is 12.2. The zero-order valence-corrected chi connectivity index (χ0v) is 9.90. The molecule has 0 saturated carbocycles. The van der Waals surface area contributed by atoms with E-state index in [4.69, 9.17) is 15.2 Å². The molecule has 3 nitrogen and oxygen atoms in total. The second kappa shape index (κ2) is 6.56. The van der Waals surface area contributed by atoms with Crippen molar-refractivity contribution < 1.29 is 22.6 Å². The van der Waals surface area contributed by atoms with Crippen LogP contribution in [-0.2, 0) is 10.9 Å². The number of methoxy groups -OCH3 is 1. The number of halogens is 4. The maximum Gasteiger partial charge on any atom is 0.418 e. The van der Waals surface area contributed by atoms with Gasteiger partial charge < -0.3 is 15.2 Å². The lowest BCUT2D eigenvalue weighted by molar-refractivity contribution is -0.137. The number of hydrogen-bond donors (Lipinski definition) is 1. The van der Waals surface area contributed by atoms with Crippen molar-refractivity contribution in [3.63, 3.8) is 0 Å². The third-order valence-corrected chi connectivity index (χ3v) is 1.89. The van der Waals surface area contributed by atoms with Crippen LogP contribution in [0.4, 0.5) is 18.9 Å². The summed E-state index contributed by atoms with van der Waals surface area (Å²) in [6, 6.07) is 3.44. The van der Waals surface area contributed by atoms with Gasteiger partial charge >= 0.3 is 6.18 Å². The molecule has 0 heterocycles. The summed E-state index contributed by atoms with van der Waals surface area (Å²) in [5.74, 6) is 0.124. The van der Waals surface area contributed by atoms with Gasteiger partial charge in [-0.3, -0.25) is 0 Å². The van der Waals surface area contributed by atoms with Crippen molar-refractivity contribution in [2.75, 3.05) is 26.1 Å². The summed E-state index contributed by atoms with van der Waals surface area (Å²) in [5.41, 5.74) is 4.03. The van der Waals surface area contributed by atoms with Crippen molar-refractivity contribution in [1.29, 1.82) is 0 Å². The summed E-state index contributed by atoms with van der Waals surface area (Å²) in [4.78, 5) is 0. The molecule has 0 atom stereocenters. The van der Waals surface area contributed by atoms with Crippen molar-refractivity contribution in [2.45, 2.75) is 6.18 Å². The van der Waals surface area contributed by atoms with E-state index in [1.807, 2.05) is 0 Å². The highest BCUT2D eigenvalue weighted by Gasteiger charge is 2.33. The van der Waals surface area contributed by atoms with E-state index in [0.717, 1.165) is 6.07 Å². The zero-order valence-electron chi connectivity index (χ0n) is 9.08. The van der Waals surface area contributed by atoms with Crippen molar-refractivity contribution in [3.8, 4) is 5.75 Å². The third-order valence-electron chi connectivity index (χ3n) is 1.89. The van der Waals surface area contributed by atoms with Gasteiger partial charge in [0.15, 0.2) is 0 Å². The Morgan fingerprint density at radius 2 is 1.88 bits per heavy atom. The molecule has 1 aromatic rings. The molecule has 0 bridgehead atoms. The summed E-state index contributed by atoms with van der Waals surface area (Å²) in [6.07, 6.45) is -4.47. The van der Waals surface area contributed by atoms with E-state index >= 15 is 0 Å². The van der Waals surface area contributed by atoms with Gasteiger partial charge in [0.2, 0.25) is 0 Å². The second-order valence-electron chi connectivity index (χ2n) is 3.09. The van der Waals surface area contributed by atoms with Crippen LogP contribution in [0.15, 0.2) is 18.2 Å². The van der Waals surface area contributed by atoms with Crippen molar-refractivity contribution in [3.05, 3.63) is 23.8 Å². The number of anilines is 1. The van der Waals surface area contributed by atoms with Crippen LogP contribution >= 0.6 is 12.4 Å². The maximum atomic E-state index is 12.5. The maximum absolute atomic E-state index is 12.5. The standard InChI is InChI=1S/C10H12F3NO2.ClH/c1-15-4-5-16-7-2-3-9(14)8(6-7)10(11,12)13;/h2-3,6H,4-5,14H2,1H3;1H. The Balaban J connectivity index is 0.00000256. The Morgan fingerprint density at radius 1 is 1.24 bits per heavy atom. The fourth-order valence-electron chi connectivity index (χ4n) is 1.11.